The van der Waals surface area contributed by atoms with Crippen LogP contribution in [0.25, 0.3) is 0 Å². The summed E-state index contributed by atoms with van der Waals surface area (Å²) < 4.78 is 0. The molecule has 3 nitrogen and oxygen atoms in total. The van der Waals surface area contributed by atoms with E-state index in [1.165, 1.54) is 12.8 Å². The summed E-state index contributed by atoms with van der Waals surface area (Å²) in [5, 5.41) is 18.8. The Bertz CT molecular complexity index is 403. The van der Waals surface area contributed by atoms with E-state index in [0.29, 0.717) is 0 Å². The van der Waals surface area contributed by atoms with Crippen molar-refractivity contribution in [3.8, 4) is 11.8 Å². The van der Waals surface area contributed by atoms with E-state index < -0.39 is 0 Å². The van der Waals surface area contributed by atoms with Gasteiger partial charge in [-0.15, -0.1) is 0 Å². The van der Waals surface area contributed by atoms with Gasteiger partial charge >= 0.3 is 0 Å². The van der Waals surface area contributed by atoms with Gasteiger partial charge in [0.2, 0.25) is 0 Å². The fourth-order valence-corrected chi connectivity index (χ4v) is 2.42. The topological polar surface area (TPSA) is 47.3 Å². The van der Waals surface area contributed by atoms with Crippen molar-refractivity contribution in [2.75, 3.05) is 13.1 Å². The van der Waals surface area contributed by atoms with Crippen LogP contribution in [0.2, 0.25) is 0 Å². The zero-order valence-corrected chi connectivity index (χ0v) is 9.97. The molecule has 0 aliphatic carbocycles. The van der Waals surface area contributed by atoms with Gasteiger partial charge in [-0.25, -0.2) is 0 Å². The molecule has 1 fully saturated rings. The van der Waals surface area contributed by atoms with Gasteiger partial charge in [0.05, 0.1) is 6.07 Å². The van der Waals surface area contributed by atoms with E-state index in [0.717, 1.165) is 31.5 Å². The quantitative estimate of drug-likeness (QED) is 0.849. The predicted molar refractivity (Wildman–Crippen MR) is 66.5 cm³/mol. The molecule has 1 aliphatic rings. The smallest absolute Gasteiger partial charge is 0.123 e. The summed E-state index contributed by atoms with van der Waals surface area (Å²) in [7, 11) is 0. The molecule has 0 saturated carbocycles. The third kappa shape index (κ3) is 2.98. The van der Waals surface area contributed by atoms with Crippen molar-refractivity contribution in [2.24, 2.45) is 0 Å². The molecule has 1 heterocycles. The van der Waals surface area contributed by atoms with E-state index in [-0.39, 0.29) is 11.8 Å². The van der Waals surface area contributed by atoms with Gasteiger partial charge in [0.1, 0.15) is 11.8 Å². The fraction of sp³-hybridized carbons (Fsp3) is 0.500. The summed E-state index contributed by atoms with van der Waals surface area (Å²) >= 11 is 0. The minimum absolute atomic E-state index is 0.222. The number of benzene rings is 1. The lowest BCUT2D eigenvalue weighted by atomic mass is 10.1. The third-order valence-electron chi connectivity index (χ3n) is 3.31. The molecule has 1 saturated heterocycles. The molecule has 0 aromatic heterocycles. The van der Waals surface area contributed by atoms with Crippen molar-refractivity contribution in [1.29, 1.82) is 5.26 Å². The van der Waals surface area contributed by atoms with E-state index in [2.05, 4.69) is 11.0 Å². The van der Waals surface area contributed by atoms with Crippen molar-refractivity contribution < 1.29 is 5.11 Å². The number of hydrogen-bond acceptors (Lipinski definition) is 3. The second-order valence-electron chi connectivity index (χ2n) is 4.58. The van der Waals surface area contributed by atoms with Gasteiger partial charge in [0.25, 0.3) is 0 Å². The Morgan fingerprint density at radius 2 is 1.88 bits per heavy atom. The summed E-state index contributed by atoms with van der Waals surface area (Å²) in [4.78, 5) is 2.22. The average molecular weight is 230 g/mol. The number of hydrogen-bond donors (Lipinski definition) is 1. The first kappa shape index (κ1) is 11.9. The van der Waals surface area contributed by atoms with Gasteiger partial charge in [-0.3, -0.25) is 4.90 Å². The van der Waals surface area contributed by atoms with Gasteiger partial charge in [-0.05, 0) is 43.6 Å². The molecular formula is C14H18N2O. The van der Waals surface area contributed by atoms with Gasteiger partial charge in [-0.2, -0.15) is 5.26 Å². The lowest BCUT2D eigenvalue weighted by molar-refractivity contribution is 0.245. The van der Waals surface area contributed by atoms with E-state index in [9.17, 15) is 10.4 Å². The Balaban J connectivity index is 2.18. The van der Waals surface area contributed by atoms with Crippen molar-refractivity contribution in [3.05, 3.63) is 29.8 Å². The maximum Gasteiger partial charge on any atom is 0.123 e. The van der Waals surface area contributed by atoms with Crippen LogP contribution in [0, 0.1) is 11.3 Å². The Hall–Kier alpha value is -1.53. The van der Waals surface area contributed by atoms with Crippen molar-refractivity contribution in [2.45, 2.75) is 31.7 Å². The van der Waals surface area contributed by atoms with Gasteiger partial charge in [-0.1, -0.05) is 25.0 Å². The maximum absolute atomic E-state index is 9.48. The molecule has 1 aromatic carbocycles. The highest BCUT2D eigenvalue weighted by Gasteiger charge is 2.21. The highest BCUT2D eigenvalue weighted by molar-refractivity contribution is 5.32. The normalized spacial score (nSPS) is 19.2. The largest absolute Gasteiger partial charge is 0.508 e. The molecule has 1 atom stereocenters. The summed E-state index contributed by atoms with van der Waals surface area (Å²) in [6.45, 7) is 1.96. The maximum atomic E-state index is 9.48. The summed E-state index contributed by atoms with van der Waals surface area (Å²) in [6, 6.07) is 9.18. The summed E-state index contributed by atoms with van der Waals surface area (Å²) in [5.74, 6) is 0.234. The molecule has 0 amide bonds. The highest BCUT2D eigenvalue weighted by atomic mass is 16.3. The number of rotatable bonds is 2. The average Bonchev–Trinajstić information content (AvgIpc) is 2.59. The minimum Gasteiger partial charge on any atom is -0.508 e. The Morgan fingerprint density at radius 3 is 2.47 bits per heavy atom. The minimum atomic E-state index is -0.222. The lowest BCUT2D eigenvalue weighted by Gasteiger charge is -2.25. The monoisotopic (exact) mass is 230 g/mol. The van der Waals surface area contributed by atoms with Crippen molar-refractivity contribution in [1.82, 2.24) is 4.90 Å². The molecule has 1 N–H and O–H groups in total. The molecule has 1 aromatic rings. The SMILES string of the molecule is N#C[C@H](c1cccc(O)c1)N1CCCCCC1. The Morgan fingerprint density at radius 1 is 1.18 bits per heavy atom. The molecule has 17 heavy (non-hydrogen) atoms. The second-order valence-corrected chi connectivity index (χ2v) is 4.58. The highest BCUT2D eigenvalue weighted by Crippen LogP contribution is 2.25. The molecule has 90 valence electrons. The summed E-state index contributed by atoms with van der Waals surface area (Å²) in [5.41, 5.74) is 0.898. The van der Waals surface area contributed by atoms with Crippen LogP contribution >= 0.6 is 0 Å². The standard InChI is InChI=1S/C14H18N2O/c15-11-14(12-6-5-7-13(17)10-12)16-8-3-1-2-4-9-16/h5-7,10,14,17H,1-4,8-9H2/t14-/m1/s1. The second kappa shape index (κ2) is 5.70. The Kier molecular flexibility index (Phi) is 4.00. The van der Waals surface area contributed by atoms with Crippen LogP contribution in [0.1, 0.15) is 37.3 Å². The van der Waals surface area contributed by atoms with Crippen LogP contribution in [-0.4, -0.2) is 23.1 Å². The van der Waals surface area contributed by atoms with Crippen LogP contribution in [0.3, 0.4) is 0 Å². The molecular weight excluding hydrogens is 212 g/mol. The number of likely N-dealkylation sites (tertiary alicyclic amines) is 1. The molecule has 1 aliphatic heterocycles. The fourth-order valence-electron chi connectivity index (χ4n) is 2.42. The zero-order chi connectivity index (χ0) is 12.1. The molecule has 0 unspecified atom stereocenters. The number of phenols is 1. The number of aromatic hydroxyl groups is 1. The van der Waals surface area contributed by atoms with Crippen LogP contribution in [0.4, 0.5) is 0 Å². The molecule has 3 heteroatoms. The van der Waals surface area contributed by atoms with Crippen LogP contribution in [-0.2, 0) is 0 Å². The predicted octanol–water partition coefficient (Wildman–Crippen LogP) is 2.83. The van der Waals surface area contributed by atoms with Crippen molar-refractivity contribution in [3.63, 3.8) is 0 Å². The summed E-state index contributed by atoms with van der Waals surface area (Å²) in [6.07, 6.45) is 4.84. The number of nitrogens with zero attached hydrogens (tertiary/aromatic N) is 2. The molecule has 0 spiro atoms. The first-order valence-corrected chi connectivity index (χ1v) is 6.24. The van der Waals surface area contributed by atoms with Gasteiger partial charge in [0.15, 0.2) is 0 Å². The molecule has 0 bridgehead atoms. The molecule has 0 radical (unpaired) electrons. The number of nitriles is 1. The Labute approximate surface area is 102 Å². The van der Waals surface area contributed by atoms with Crippen LogP contribution in [0.15, 0.2) is 24.3 Å². The third-order valence-corrected chi connectivity index (χ3v) is 3.31. The van der Waals surface area contributed by atoms with Gasteiger partial charge < -0.3 is 5.11 Å². The van der Waals surface area contributed by atoms with Crippen LogP contribution in [0.5, 0.6) is 5.75 Å². The van der Waals surface area contributed by atoms with E-state index in [4.69, 9.17) is 0 Å². The van der Waals surface area contributed by atoms with Crippen LogP contribution < -0.4 is 0 Å². The van der Waals surface area contributed by atoms with E-state index in [1.54, 1.807) is 18.2 Å². The van der Waals surface area contributed by atoms with E-state index in [1.807, 2.05) is 6.07 Å². The molecule has 2 rings (SSSR count). The first-order valence-electron chi connectivity index (χ1n) is 6.24. The lowest BCUT2D eigenvalue weighted by Crippen LogP contribution is -2.28. The van der Waals surface area contributed by atoms with E-state index >= 15 is 0 Å². The zero-order valence-electron chi connectivity index (χ0n) is 9.97. The first-order chi connectivity index (χ1) is 8.31. The van der Waals surface area contributed by atoms with Gasteiger partial charge in [0, 0.05) is 0 Å². The number of phenolic OH excluding ortho intramolecular Hbond substituents is 1. The van der Waals surface area contributed by atoms with Crippen molar-refractivity contribution >= 4 is 0 Å².